The van der Waals surface area contributed by atoms with Gasteiger partial charge in [-0.3, -0.25) is 13.8 Å². The predicted octanol–water partition coefficient (Wildman–Crippen LogP) is 10.8. The molecule has 0 rings (SSSR count). The Morgan fingerprint density at radius 1 is 0.679 bits per heavy atom. The maximum absolute atomic E-state index is 12.9. The van der Waals surface area contributed by atoms with Crippen LogP contribution in [0.5, 0.6) is 0 Å². The van der Waals surface area contributed by atoms with E-state index >= 15 is 0 Å². The van der Waals surface area contributed by atoms with Gasteiger partial charge in [0.2, 0.25) is 5.91 Å². The number of aliphatic hydroxyl groups excluding tert-OH is 2. The van der Waals surface area contributed by atoms with Gasteiger partial charge in [0, 0.05) is 6.42 Å². The molecule has 0 aromatic rings. The van der Waals surface area contributed by atoms with Crippen LogP contribution in [0, 0.1) is 0 Å². The van der Waals surface area contributed by atoms with Gasteiger partial charge in [-0.2, -0.15) is 0 Å². The van der Waals surface area contributed by atoms with Gasteiger partial charge >= 0.3 is 7.82 Å². The highest BCUT2D eigenvalue weighted by Gasteiger charge is 2.28. The Hall–Kier alpha value is -2.36. The molecule has 10 heteroatoms. The van der Waals surface area contributed by atoms with E-state index in [1.807, 2.05) is 39.4 Å². The number of phosphoric acid groups is 1. The van der Waals surface area contributed by atoms with Crippen LogP contribution in [0.4, 0.5) is 0 Å². The second-order valence-corrected chi connectivity index (χ2v) is 17.0. The molecular formula is C46H82N2O7P+. The number of hydrogen-bond donors (Lipinski definition) is 4. The van der Waals surface area contributed by atoms with E-state index in [-0.39, 0.29) is 19.4 Å². The molecular weight excluding hydrogens is 723 g/mol. The van der Waals surface area contributed by atoms with Gasteiger partial charge in [0.25, 0.3) is 0 Å². The third-order valence-electron chi connectivity index (χ3n) is 8.99. The fourth-order valence-corrected chi connectivity index (χ4v) is 6.23. The van der Waals surface area contributed by atoms with Crippen LogP contribution in [-0.4, -0.2) is 84.6 Å². The number of nitrogens with one attached hydrogen (secondary N) is 1. The summed E-state index contributed by atoms with van der Waals surface area (Å²) in [6, 6.07) is -0.975. The van der Waals surface area contributed by atoms with E-state index in [0.29, 0.717) is 11.0 Å². The Balaban J connectivity index is 4.73. The smallest absolute Gasteiger partial charge is 0.389 e. The Kier molecular flexibility index (Phi) is 35.4. The molecule has 0 radical (unpaired) electrons. The van der Waals surface area contributed by atoms with Crippen LogP contribution in [0.1, 0.15) is 142 Å². The summed E-state index contributed by atoms with van der Waals surface area (Å²) in [5.41, 5.74) is 0. The van der Waals surface area contributed by atoms with E-state index in [1.165, 1.54) is 64.2 Å². The molecule has 4 atom stereocenters. The summed E-state index contributed by atoms with van der Waals surface area (Å²) in [4.78, 5) is 23.1. The van der Waals surface area contributed by atoms with Crippen molar-refractivity contribution in [3.63, 3.8) is 0 Å². The first-order valence-electron chi connectivity index (χ1n) is 21.6. The first-order chi connectivity index (χ1) is 26.9. The van der Waals surface area contributed by atoms with E-state index in [4.69, 9.17) is 9.05 Å². The highest BCUT2D eigenvalue weighted by atomic mass is 31.2. The van der Waals surface area contributed by atoms with E-state index in [9.17, 15) is 24.5 Å². The molecule has 56 heavy (non-hydrogen) atoms. The summed E-state index contributed by atoms with van der Waals surface area (Å²) in [7, 11) is 1.41. The Morgan fingerprint density at radius 2 is 1.20 bits per heavy atom. The SMILES string of the molecule is CC/C=C\C/C=C\C/C=C\C/C=C\C/C=C\C=C/C(O)CCC(=O)N[C@@H](COP(=O)(O)OCC[N+](C)(C)C)[C@H](O)/C=C/CCCCCCCCCCCCCC. The number of rotatable bonds is 37. The van der Waals surface area contributed by atoms with Crippen molar-refractivity contribution >= 4 is 13.7 Å². The summed E-state index contributed by atoms with van der Waals surface area (Å²) < 4.78 is 23.4. The quantitative estimate of drug-likeness (QED) is 0.0162. The summed E-state index contributed by atoms with van der Waals surface area (Å²) in [6.07, 6.45) is 46.9. The molecule has 0 aliphatic carbocycles. The van der Waals surface area contributed by atoms with Crippen LogP contribution < -0.4 is 5.32 Å². The van der Waals surface area contributed by atoms with Gasteiger partial charge in [-0.25, -0.2) is 4.57 Å². The summed E-state index contributed by atoms with van der Waals surface area (Å²) in [5, 5.41) is 24.1. The van der Waals surface area contributed by atoms with Gasteiger partial charge in [0.05, 0.1) is 46.0 Å². The number of aliphatic hydroxyl groups is 2. The fraction of sp³-hybridized carbons (Fsp3) is 0.674. The number of amides is 1. The molecule has 0 aromatic carbocycles. The molecule has 0 spiro atoms. The maximum Gasteiger partial charge on any atom is 0.472 e. The van der Waals surface area contributed by atoms with Crippen molar-refractivity contribution in [3.8, 4) is 0 Å². The van der Waals surface area contributed by atoms with Crippen LogP contribution in [0.3, 0.4) is 0 Å². The molecule has 4 N–H and O–H groups in total. The van der Waals surface area contributed by atoms with Crippen LogP contribution >= 0.6 is 7.82 Å². The molecule has 0 saturated carbocycles. The zero-order valence-electron chi connectivity index (χ0n) is 35.9. The molecule has 0 saturated heterocycles. The highest BCUT2D eigenvalue weighted by molar-refractivity contribution is 7.47. The molecule has 0 heterocycles. The van der Waals surface area contributed by atoms with Gasteiger partial charge in [0.15, 0.2) is 0 Å². The largest absolute Gasteiger partial charge is 0.472 e. The molecule has 1 amide bonds. The third kappa shape index (κ3) is 38.5. The van der Waals surface area contributed by atoms with E-state index in [0.717, 1.165) is 51.4 Å². The van der Waals surface area contributed by atoms with Crippen molar-refractivity contribution in [2.75, 3.05) is 40.9 Å². The van der Waals surface area contributed by atoms with E-state index in [1.54, 1.807) is 18.2 Å². The van der Waals surface area contributed by atoms with Crippen molar-refractivity contribution < 1.29 is 38.0 Å². The third-order valence-corrected chi connectivity index (χ3v) is 9.97. The van der Waals surface area contributed by atoms with Crippen LogP contribution in [0.25, 0.3) is 0 Å². The second kappa shape index (κ2) is 36.9. The number of hydrogen-bond acceptors (Lipinski definition) is 6. The molecule has 9 nitrogen and oxygen atoms in total. The number of nitrogens with zero attached hydrogens (tertiary/aromatic N) is 1. The number of phosphoric ester groups is 1. The Morgan fingerprint density at radius 3 is 1.73 bits per heavy atom. The minimum Gasteiger partial charge on any atom is -0.389 e. The van der Waals surface area contributed by atoms with Gasteiger partial charge in [0.1, 0.15) is 13.2 Å². The molecule has 0 aromatic heterocycles. The number of quaternary nitrogens is 1. The average molecular weight is 806 g/mol. The van der Waals surface area contributed by atoms with Crippen LogP contribution in [0.2, 0.25) is 0 Å². The second-order valence-electron chi connectivity index (χ2n) is 15.5. The van der Waals surface area contributed by atoms with E-state index < -0.39 is 38.6 Å². The minimum atomic E-state index is -4.41. The standard InChI is InChI=1S/C46H81N2O7P/c1-6-8-10-12-14-16-18-20-22-23-24-26-28-30-32-34-36-43(49)38-39-46(51)47-44(42-55-56(52,53)54-41-40-48(3,4)5)45(50)37-35-33-31-29-27-25-21-19-17-15-13-11-9-7-2/h8,10,14,16,20,22,24,26,30,32,34-37,43-45,49-50H,6-7,9,11-13,15,17-19,21,23,25,27-29,31,33,38-42H2,1-5H3,(H-,47,51,52,53)/p+1/b10-8-,16-14-,22-20-,26-24-,32-30-,36-34-,37-35+/t43?,44-,45+/m0/s1. The van der Waals surface area contributed by atoms with Crippen LogP contribution in [0.15, 0.2) is 85.1 Å². The van der Waals surface area contributed by atoms with Gasteiger partial charge < -0.3 is 24.9 Å². The molecule has 0 aliphatic heterocycles. The lowest BCUT2D eigenvalue weighted by molar-refractivity contribution is -0.870. The molecule has 0 aliphatic rings. The predicted molar refractivity (Wildman–Crippen MR) is 236 cm³/mol. The molecule has 322 valence electrons. The van der Waals surface area contributed by atoms with Gasteiger partial charge in [-0.05, 0) is 51.4 Å². The molecule has 2 unspecified atom stereocenters. The number of carbonyl (C=O) groups is 1. The van der Waals surface area contributed by atoms with Crippen molar-refractivity contribution in [1.82, 2.24) is 5.32 Å². The number of allylic oxidation sites excluding steroid dienone is 12. The lowest BCUT2D eigenvalue weighted by atomic mass is 10.0. The van der Waals surface area contributed by atoms with Crippen molar-refractivity contribution in [2.24, 2.45) is 0 Å². The summed E-state index contributed by atoms with van der Waals surface area (Å²) in [6.45, 7) is 4.48. The normalized spacial score (nSPS) is 15.8. The number of likely N-dealkylation sites (N-methyl/N-ethyl adjacent to an activating group) is 1. The Labute approximate surface area is 342 Å². The summed E-state index contributed by atoms with van der Waals surface area (Å²) in [5.74, 6) is -0.409. The first-order valence-corrected chi connectivity index (χ1v) is 23.1. The zero-order valence-corrected chi connectivity index (χ0v) is 36.8. The average Bonchev–Trinajstić information content (AvgIpc) is 3.14. The van der Waals surface area contributed by atoms with E-state index in [2.05, 4.69) is 67.8 Å². The monoisotopic (exact) mass is 806 g/mol. The van der Waals surface area contributed by atoms with Crippen molar-refractivity contribution in [3.05, 3.63) is 85.1 Å². The van der Waals surface area contributed by atoms with Crippen LogP contribution in [-0.2, 0) is 18.4 Å². The van der Waals surface area contributed by atoms with Gasteiger partial charge in [-0.15, -0.1) is 0 Å². The molecule has 0 fully saturated rings. The maximum atomic E-state index is 12.9. The topological polar surface area (TPSA) is 125 Å². The Bertz CT molecular complexity index is 1200. The fourth-order valence-electron chi connectivity index (χ4n) is 5.50. The number of unbranched alkanes of at least 4 members (excludes halogenated alkanes) is 12. The van der Waals surface area contributed by atoms with Gasteiger partial charge in [-0.1, -0.05) is 170 Å². The first kappa shape index (κ1) is 53.6. The lowest BCUT2D eigenvalue weighted by Crippen LogP contribution is -2.45. The number of carbonyl (C=O) groups excluding carboxylic acids is 1. The molecule has 0 bridgehead atoms. The zero-order chi connectivity index (χ0) is 41.6. The van der Waals surface area contributed by atoms with Crippen molar-refractivity contribution in [1.29, 1.82) is 0 Å². The summed E-state index contributed by atoms with van der Waals surface area (Å²) >= 11 is 0. The minimum absolute atomic E-state index is 0.000248. The lowest BCUT2D eigenvalue weighted by Gasteiger charge is -2.25. The van der Waals surface area contributed by atoms with Crippen molar-refractivity contribution in [2.45, 2.75) is 161 Å². The highest BCUT2D eigenvalue weighted by Crippen LogP contribution is 2.43.